The predicted octanol–water partition coefficient (Wildman–Crippen LogP) is 8.33. The molecule has 0 radical (unpaired) electrons. The molecular formula is C28H36. The summed E-state index contributed by atoms with van der Waals surface area (Å²) in [5.41, 5.74) is 8.52. The molecule has 148 valence electrons. The summed E-state index contributed by atoms with van der Waals surface area (Å²) in [7, 11) is 0. The molecule has 0 heteroatoms. The van der Waals surface area contributed by atoms with E-state index in [4.69, 9.17) is 0 Å². The number of hydrogen-bond acceptors (Lipinski definition) is 0. The second-order valence-corrected chi connectivity index (χ2v) is 8.93. The van der Waals surface area contributed by atoms with Crippen molar-refractivity contribution < 1.29 is 0 Å². The molecule has 2 aromatic rings. The SMILES string of the molecule is CCC(C)CC(C)CCC1C(C)=CC(c2ccccc2)=C1c1ccc(C)cc1. The van der Waals surface area contributed by atoms with E-state index in [1.807, 2.05) is 0 Å². The second kappa shape index (κ2) is 9.41. The van der Waals surface area contributed by atoms with E-state index in [0.29, 0.717) is 5.92 Å². The van der Waals surface area contributed by atoms with Gasteiger partial charge in [0.05, 0.1) is 0 Å². The monoisotopic (exact) mass is 372 g/mol. The van der Waals surface area contributed by atoms with Crippen molar-refractivity contribution in [3.63, 3.8) is 0 Å². The summed E-state index contributed by atoms with van der Waals surface area (Å²) in [5, 5.41) is 0. The minimum absolute atomic E-state index is 0.539. The average Bonchev–Trinajstić information content (AvgIpc) is 3.04. The highest BCUT2D eigenvalue weighted by Crippen LogP contribution is 2.45. The maximum absolute atomic E-state index is 2.44. The average molecular weight is 373 g/mol. The zero-order valence-corrected chi connectivity index (χ0v) is 18.3. The van der Waals surface area contributed by atoms with Crippen LogP contribution in [0.5, 0.6) is 0 Å². The Labute approximate surface area is 172 Å². The molecule has 0 fully saturated rings. The first-order chi connectivity index (χ1) is 13.5. The Hall–Kier alpha value is -2.08. The first-order valence-electron chi connectivity index (χ1n) is 11.0. The summed E-state index contributed by atoms with van der Waals surface area (Å²) in [6, 6.07) is 20.0. The lowest BCUT2D eigenvalue weighted by Crippen LogP contribution is -2.08. The topological polar surface area (TPSA) is 0 Å². The molecule has 28 heavy (non-hydrogen) atoms. The Kier molecular flexibility index (Phi) is 6.94. The zero-order valence-electron chi connectivity index (χ0n) is 18.3. The Bertz CT molecular complexity index is 820. The van der Waals surface area contributed by atoms with Crippen LogP contribution in [0.2, 0.25) is 0 Å². The molecule has 0 bridgehead atoms. The van der Waals surface area contributed by atoms with Crippen molar-refractivity contribution in [1.82, 2.24) is 0 Å². The normalized spacial score (nSPS) is 18.9. The molecule has 0 heterocycles. The van der Waals surface area contributed by atoms with Gasteiger partial charge in [-0.05, 0) is 67.2 Å². The van der Waals surface area contributed by atoms with Gasteiger partial charge in [-0.1, -0.05) is 99.0 Å². The van der Waals surface area contributed by atoms with E-state index in [0.717, 1.165) is 11.8 Å². The molecule has 3 atom stereocenters. The van der Waals surface area contributed by atoms with Gasteiger partial charge in [0.15, 0.2) is 0 Å². The van der Waals surface area contributed by atoms with Gasteiger partial charge in [0.2, 0.25) is 0 Å². The van der Waals surface area contributed by atoms with E-state index in [2.05, 4.69) is 95.3 Å². The van der Waals surface area contributed by atoms with Crippen LogP contribution in [0.1, 0.15) is 70.1 Å². The fraction of sp³-hybridized carbons (Fsp3) is 0.429. The van der Waals surface area contributed by atoms with E-state index >= 15 is 0 Å². The van der Waals surface area contributed by atoms with Crippen molar-refractivity contribution in [3.8, 4) is 0 Å². The van der Waals surface area contributed by atoms with Gasteiger partial charge in [-0.2, -0.15) is 0 Å². The lowest BCUT2D eigenvalue weighted by Gasteiger charge is -2.22. The summed E-state index contributed by atoms with van der Waals surface area (Å²) in [5.74, 6) is 2.17. The third-order valence-corrected chi connectivity index (χ3v) is 6.46. The molecule has 0 saturated heterocycles. The Morgan fingerprint density at radius 2 is 1.50 bits per heavy atom. The Balaban J connectivity index is 1.90. The van der Waals surface area contributed by atoms with Crippen molar-refractivity contribution in [3.05, 3.63) is 82.9 Å². The first kappa shape index (κ1) is 20.6. The fourth-order valence-electron chi connectivity index (χ4n) is 4.56. The van der Waals surface area contributed by atoms with Gasteiger partial charge in [0, 0.05) is 5.92 Å². The summed E-state index contributed by atoms with van der Waals surface area (Å²) in [4.78, 5) is 0. The van der Waals surface area contributed by atoms with Crippen LogP contribution in [0.15, 0.2) is 66.2 Å². The van der Waals surface area contributed by atoms with Crippen LogP contribution in [0.4, 0.5) is 0 Å². The van der Waals surface area contributed by atoms with Gasteiger partial charge < -0.3 is 0 Å². The molecule has 1 aliphatic rings. The highest BCUT2D eigenvalue weighted by Gasteiger charge is 2.27. The molecule has 0 nitrogen and oxygen atoms in total. The third kappa shape index (κ3) is 4.85. The van der Waals surface area contributed by atoms with Gasteiger partial charge >= 0.3 is 0 Å². The minimum Gasteiger partial charge on any atom is -0.0652 e. The molecule has 0 spiro atoms. The van der Waals surface area contributed by atoms with Crippen LogP contribution < -0.4 is 0 Å². The quantitative estimate of drug-likeness (QED) is 0.437. The highest BCUT2D eigenvalue weighted by atomic mass is 14.3. The van der Waals surface area contributed by atoms with E-state index < -0.39 is 0 Å². The van der Waals surface area contributed by atoms with Crippen molar-refractivity contribution in [2.24, 2.45) is 17.8 Å². The lowest BCUT2D eigenvalue weighted by atomic mass is 9.82. The smallest absolute Gasteiger partial charge is 0.00609 e. The maximum Gasteiger partial charge on any atom is 0.00609 e. The van der Waals surface area contributed by atoms with E-state index in [9.17, 15) is 0 Å². The van der Waals surface area contributed by atoms with Crippen molar-refractivity contribution >= 4 is 11.1 Å². The van der Waals surface area contributed by atoms with Gasteiger partial charge in [-0.3, -0.25) is 0 Å². The molecule has 0 amide bonds. The number of rotatable bonds is 8. The maximum atomic E-state index is 2.44. The number of allylic oxidation sites excluding steroid dienone is 4. The van der Waals surface area contributed by atoms with Crippen LogP contribution in [-0.4, -0.2) is 0 Å². The van der Waals surface area contributed by atoms with Crippen molar-refractivity contribution in [2.45, 2.75) is 60.3 Å². The molecular weight excluding hydrogens is 336 g/mol. The van der Waals surface area contributed by atoms with Gasteiger partial charge in [0.1, 0.15) is 0 Å². The van der Waals surface area contributed by atoms with Gasteiger partial charge in [0.25, 0.3) is 0 Å². The van der Waals surface area contributed by atoms with Crippen LogP contribution in [0, 0.1) is 24.7 Å². The molecule has 0 aromatic heterocycles. The Morgan fingerprint density at radius 1 is 0.821 bits per heavy atom. The molecule has 1 aliphatic carbocycles. The van der Waals surface area contributed by atoms with E-state index in [1.165, 1.54) is 59.1 Å². The highest BCUT2D eigenvalue weighted by molar-refractivity contribution is 6.00. The zero-order chi connectivity index (χ0) is 20.1. The molecule has 3 unspecified atom stereocenters. The van der Waals surface area contributed by atoms with Crippen LogP contribution in [0.3, 0.4) is 0 Å². The minimum atomic E-state index is 0.539. The molecule has 2 aromatic carbocycles. The summed E-state index contributed by atoms with van der Waals surface area (Å²) >= 11 is 0. The van der Waals surface area contributed by atoms with E-state index in [1.54, 1.807) is 0 Å². The van der Waals surface area contributed by atoms with E-state index in [-0.39, 0.29) is 0 Å². The van der Waals surface area contributed by atoms with Crippen LogP contribution in [0.25, 0.3) is 11.1 Å². The van der Waals surface area contributed by atoms with Gasteiger partial charge in [-0.25, -0.2) is 0 Å². The van der Waals surface area contributed by atoms with Crippen molar-refractivity contribution in [2.75, 3.05) is 0 Å². The largest absolute Gasteiger partial charge is 0.0652 e. The molecule has 0 saturated carbocycles. The second-order valence-electron chi connectivity index (χ2n) is 8.93. The molecule has 0 N–H and O–H groups in total. The molecule has 0 aliphatic heterocycles. The third-order valence-electron chi connectivity index (χ3n) is 6.46. The summed E-state index contributed by atoms with van der Waals surface area (Å²) < 4.78 is 0. The van der Waals surface area contributed by atoms with Crippen LogP contribution in [-0.2, 0) is 0 Å². The van der Waals surface area contributed by atoms with Crippen LogP contribution >= 0.6 is 0 Å². The molecule has 3 rings (SSSR count). The summed E-state index contributed by atoms with van der Waals surface area (Å²) in [6.45, 7) is 11.6. The van der Waals surface area contributed by atoms with Crippen molar-refractivity contribution in [1.29, 1.82) is 0 Å². The predicted molar refractivity (Wildman–Crippen MR) is 124 cm³/mol. The number of aryl methyl sites for hydroxylation is 1. The first-order valence-corrected chi connectivity index (χ1v) is 11.0. The number of hydrogen-bond donors (Lipinski definition) is 0. The lowest BCUT2D eigenvalue weighted by molar-refractivity contribution is 0.372. The Morgan fingerprint density at radius 3 is 2.14 bits per heavy atom. The summed E-state index contributed by atoms with van der Waals surface area (Å²) in [6.07, 6.45) is 7.63. The van der Waals surface area contributed by atoms with Gasteiger partial charge in [-0.15, -0.1) is 0 Å². The fourth-order valence-corrected chi connectivity index (χ4v) is 4.56. The number of benzene rings is 2. The standard InChI is InChI=1S/C28H36/c1-6-20(2)18-22(4)14-17-26-23(5)19-27(24-10-8-7-9-11-24)28(26)25-15-12-21(3)13-16-25/h7-13,15-16,19-20,22,26H,6,14,17-18H2,1-5H3.